The monoisotopic (exact) mass is 221 g/mol. The second-order valence-electron chi connectivity index (χ2n) is 3.22. The van der Waals surface area contributed by atoms with Crippen LogP contribution in [-0.4, -0.2) is 16.8 Å². The summed E-state index contributed by atoms with van der Waals surface area (Å²) < 4.78 is 1.82. The van der Waals surface area contributed by atoms with Gasteiger partial charge in [-0.1, -0.05) is 17.7 Å². The summed E-state index contributed by atoms with van der Waals surface area (Å²) in [6, 6.07) is 7.72. The third-order valence-electron chi connectivity index (χ3n) is 2.20. The van der Waals surface area contributed by atoms with E-state index in [1.807, 2.05) is 42.2 Å². The number of halogens is 1. The molecule has 1 N–H and O–H groups in total. The standard InChI is InChI=1S/C11H12ClN3/c1-13-8-9-10(12)4-2-5-11(9)15-7-3-6-14-15/h2-7,13H,8H2,1H3. The number of hydrogen-bond donors (Lipinski definition) is 1. The van der Waals surface area contributed by atoms with Crippen molar-refractivity contribution >= 4 is 11.6 Å². The first-order valence-electron chi connectivity index (χ1n) is 4.75. The van der Waals surface area contributed by atoms with E-state index in [0.29, 0.717) is 0 Å². The molecule has 0 fully saturated rings. The molecule has 4 heteroatoms. The van der Waals surface area contributed by atoms with Crippen molar-refractivity contribution in [1.29, 1.82) is 0 Å². The number of rotatable bonds is 3. The molecule has 0 aliphatic carbocycles. The van der Waals surface area contributed by atoms with Crippen molar-refractivity contribution in [2.75, 3.05) is 7.05 Å². The first kappa shape index (κ1) is 10.2. The SMILES string of the molecule is CNCc1c(Cl)cccc1-n1cccn1. The minimum Gasteiger partial charge on any atom is -0.316 e. The van der Waals surface area contributed by atoms with E-state index in [-0.39, 0.29) is 0 Å². The summed E-state index contributed by atoms with van der Waals surface area (Å²) in [5.41, 5.74) is 2.08. The van der Waals surface area contributed by atoms with Gasteiger partial charge in [-0.2, -0.15) is 5.10 Å². The van der Waals surface area contributed by atoms with E-state index in [4.69, 9.17) is 11.6 Å². The molecule has 3 nitrogen and oxygen atoms in total. The van der Waals surface area contributed by atoms with Crippen molar-refractivity contribution < 1.29 is 0 Å². The molecule has 15 heavy (non-hydrogen) atoms. The summed E-state index contributed by atoms with van der Waals surface area (Å²) in [5.74, 6) is 0. The molecule has 2 rings (SSSR count). The molecular weight excluding hydrogens is 210 g/mol. The van der Waals surface area contributed by atoms with E-state index in [9.17, 15) is 0 Å². The molecule has 0 aliphatic heterocycles. The van der Waals surface area contributed by atoms with Gasteiger partial charge in [0, 0.05) is 29.5 Å². The molecular formula is C11H12ClN3. The molecule has 0 bridgehead atoms. The summed E-state index contributed by atoms with van der Waals surface area (Å²) in [6.07, 6.45) is 3.66. The van der Waals surface area contributed by atoms with Crippen LogP contribution in [0.3, 0.4) is 0 Å². The van der Waals surface area contributed by atoms with Crippen LogP contribution in [0, 0.1) is 0 Å². The van der Waals surface area contributed by atoms with E-state index >= 15 is 0 Å². The van der Waals surface area contributed by atoms with E-state index in [0.717, 1.165) is 22.8 Å². The highest BCUT2D eigenvalue weighted by molar-refractivity contribution is 6.31. The Labute approximate surface area is 93.7 Å². The van der Waals surface area contributed by atoms with Gasteiger partial charge in [0.25, 0.3) is 0 Å². The molecule has 0 radical (unpaired) electrons. The summed E-state index contributed by atoms with van der Waals surface area (Å²) in [6.45, 7) is 0.731. The summed E-state index contributed by atoms with van der Waals surface area (Å²) in [7, 11) is 1.90. The highest BCUT2D eigenvalue weighted by atomic mass is 35.5. The van der Waals surface area contributed by atoms with Crippen LogP contribution >= 0.6 is 11.6 Å². The van der Waals surface area contributed by atoms with Crippen LogP contribution in [0.1, 0.15) is 5.56 Å². The minimum absolute atomic E-state index is 0.731. The molecule has 0 saturated carbocycles. The molecule has 0 spiro atoms. The Morgan fingerprint density at radius 2 is 2.27 bits per heavy atom. The zero-order chi connectivity index (χ0) is 10.7. The highest BCUT2D eigenvalue weighted by Gasteiger charge is 2.07. The quantitative estimate of drug-likeness (QED) is 0.862. The van der Waals surface area contributed by atoms with Gasteiger partial charge in [0.2, 0.25) is 0 Å². The van der Waals surface area contributed by atoms with Crippen molar-refractivity contribution in [3.63, 3.8) is 0 Å². The van der Waals surface area contributed by atoms with Gasteiger partial charge < -0.3 is 5.32 Å². The predicted molar refractivity (Wildman–Crippen MR) is 61.3 cm³/mol. The van der Waals surface area contributed by atoms with Gasteiger partial charge in [0.1, 0.15) is 0 Å². The summed E-state index contributed by atoms with van der Waals surface area (Å²) >= 11 is 6.14. The van der Waals surface area contributed by atoms with E-state index < -0.39 is 0 Å². The van der Waals surface area contributed by atoms with Crippen LogP contribution in [0.4, 0.5) is 0 Å². The summed E-state index contributed by atoms with van der Waals surface area (Å²) in [4.78, 5) is 0. The maximum absolute atomic E-state index is 6.14. The summed E-state index contributed by atoms with van der Waals surface area (Å²) in [5, 5.41) is 8.06. The molecule has 2 aromatic rings. The zero-order valence-corrected chi connectivity index (χ0v) is 9.20. The molecule has 1 aromatic heterocycles. The molecule has 0 saturated heterocycles. The van der Waals surface area contributed by atoms with E-state index in [1.165, 1.54) is 0 Å². The van der Waals surface area contributed by atoms with Crippen LogP contribution in [0.15, 0.2) is 36.7 Å². The topological polar surface area (TPSA) is 29.9 Å². The Morgan fingerprint density at radius 1 is 1.40 bits per heavy atom. The molecule has 1 aromatic carbocycles. The molecule has 0 unspecified atom stereocenters. The Hall–Kier alpha value is -1.32. The highest BCUT2D eigenvalue weighted by Crippen LogP contribution is 2.22. The van der Waals surface area contributed by atoms with Crippen LogP contribution < -0.4 is 5.32 Å². The van der Waals surface area contributed by atoms with E-state index in [1.54, 1.807) is 6.20 Å². The first-order valence-corrected chi connectivity index (χ1v) is 5.12. The number of aromatic nitrogens is 2. The van der Waals surface area contributed by atoms with E-state index in [2.05, 4.69) is 10.4 Å². The van der Waals surface area contributed by atoms with Crippen molar-refractivity contribution in [2.45, 2.75) is 6.54 Å². The fourth-order valence-electron chi connectivity index (χ4n) is 1.53. The third-order valence-corrected chi connectivity index (χ3v) is 2.55. The lowest BCUT2D eigenvalue weighted by molar-refractivity contribution is 0.789. The number of nitrogens with zero attached hydrogens (tertiary/aromatic N) is 2. The number of hydrogen-bond acceptors (Lipinski definition) is 2. The fraction of sp³-hybridized carbons (Fsp3) is 0.182. The van der Waals surface area contributed by atoms with Gasteiger partial charge in [0.05, 0.1) is 5.69 Å². The largest absolute Gasteiger partial charge is 0.316 e. The Kier molecular flexibility index (Phi) is 3.04. The van der Waals surface area contributed by atoms with Gasteiger partial charge in [-0.05, 0) is 25.2 Å². The smallest absolute Gasteiger partial charge is 0.0705 e. The molecule has 0 aliphatic rings. The number of nitrogens with one attached hydrogen (secondary N) is 1. The average Bonchev–Trinajstić information content (AvgIpc) is 2.74. The van der Waals surface area contributed by atoms with Gasteiger partial charge >= 0.3 is 0 Å². The molecule has 78 valence electrons. The Morgan fingerprint density at radius 3 is 2.93 bits per heavy atom. The van der Waals surface area contributed by atoms with Crippen LogP contribution in [0.5, 0.6) is 0 Å². The zero-order valence-electron chi connectivity index (χ0n) is 8.44. The van der Waals surface area contributed by atoms with Crippen molar-refractivity contribution in [3.8, 4) is 5.69 Å². The van der Waals surface area contributed by atoms with Crippen molar-refractivity contribution in [2.24, 2.45) is 0 Å². The lowest BCUT2D eigenvalue weighted by Gasteiger charge is -2.10. The van der Waals surface area contributed by atoms with Crippen LogP contribution in [-0.2, 0) is 6.54 Å². The third kappa shape index (κ3) is 2.03. The van der Waals surface area contributed by atoms with Crippen molar-refractivity contribution in [1.82, 2.24) is 15.1 Å². The lowest BCUT2D eigenvalue weighted by Crippen LogP contribution is -2.10. The second kappa shape index (κ2) is 4.47. The molecule has 0 amide bonds. The maximum Gasteiger partial charge on any atom is 0.0705 e. The van der Waals surface area contributed by atoms with Crippen molar-refractivity contribution in [3.05, 3.63) is 47.2 Å². The van der Waals surface area contributed by atoms with Gasteiger partial charge in [-0.3, -0.25) is 0 Å². The van der Waals surface area contributed by atoms with Gasteiger partial charge in [0.15, 0.2) is 0 Å². The van der Waals surface area contributed by atoms with Gasteiger partial charge in [-0.25, -0.2) is 4.68 Å². The number of benzene rings is 1. The molecule has 0 atom stereocenters. The maximum atomic E-state index is 6.14. The Bertz CT molecular complexity index is 437. The average molecular weight is 222 g/mol. The lowest BCUT2D eigenvalue weighted by atomic mass is 10.2. The minimum atomic E-state index is 0.731. The van der Waals surface area contributed by atoms with Crippen LogP contribution in [0.25, 0.3) is 5.69 Å². The van der Waals surface area contributed by atoms with Crippen LogP contribution in [0.2, 0.25) is 5.02 Å². The normalized spacial score (nSPS) is 10.5. The predicted octanol–water partition coefficient (Wildman–Crippen LogP) is 2.25. The first-order chi connectivity index (χ1) is 7.33. The fourth-order valence-corrected chi connectivity index (χ4v) is 1.76. The Balaban J connectivity index is 2.51. The van der Waals surface area contributed by atoms with Gasteiger partial charge in [-0.15, -0.1) is 0 Å². The molecule has 1 heterocycles. The second-order valence-corrected chi connectivity index (χ2v) is 3.63.